The molecule has 1 aromatic carbocycles. The molecule has 98 valence electrons. The third kappa shape index (κ3) is 5.99. The maximum atomic E-state index is 9.55. The summed E-state index contributed by atoms with van der Waals surface area (Å²) in [6.45, 7) is 3.96. The summed E-state index contributed by atoms with van der Waals surface area (Å²) in [5.41, 5.74) is 12.1. The van der Waals surface area contributed by atoms with Crippen LogP contribution in [0.4, 0.5) is 17.1 Å². The van der Waals surface area contributed by atoms with Gasteiger partial charge in [0.05, 0.1) is 17.0 Å². The Kier molecular flexibility index (Phi) is 6.38. The van der Waals surface area contributed by atoms with Gasteiger partial charge in [0.1, 0.15) is 0 Å². The first kappa shape index (κ1) is 15.5. The molecule has 0 saturated carbocycles. The fraction of sp³-hybridized carbons (Fsp3) is 0.500. The third-order valence-corrected chi connectivity index (χ3v) is 2.05. The number of hydrogen-bond donors (Lipinski definition) is 5. The molecule has 0 heterocycles. The molecule has 5 heteroatoms. The molecule has 0 spiro atoms. The number of hydrogen-bond acceptors (Lipinski definition) is 5. The predicted molar refractivity (Wildman–Crippen MR) is 75.3 cm³/mol. The lowest BCUT2D eigenvalue weighted by molar-refractivity contribution is 0.0945. The van der Waals surface area contributed by atoms with Crippen LogP contribution in [0.1, 0.15) is 13.8 Å². The average molecular weight is 240 g/mol. The lowest BCUT2D eigenvalue weighted by Crippen LogP contribution is -2.29. The van der Waals surface area contributed by atoms with Gasteiger partial charge >= 0.3 is 0 Å². The van der Waals surface area contributed by atoms with Crippen LogP contribution in [0.15, 0.2) is 18.2 Å². The van der Waals surface area contributed by atoms with Crippen LogP contribution in [0.3, 0.4) is 0 Å². The van der Waals surface area contributed by atoms with Crippen LogP contribution in [-0.2, 0) is 0 Å². The maximum Gasteiger partial charge on any atom is 0.0763 e. The maximum absolute atomic E-state index is 9.55. The van der Waals surface area contributed by atoms with Gasteiger partial charge in [0.2, 0.25) is 0 Å². The molecule has 5 nitrogen and oxygen atoms in total. The first-order chi connectivity index (χ1) is 7.92. The second-order valence-electron chi connectivity index (χ2n) is 4.22. The molecule has 0 aliphatic carbocycles. The van der Waals surface area contributed by atoms with Gasteiger partial charge < -0.3 is 27.2 Å². The zero-order chi connectivity index (χ0) is 13.5. The zero-order valence-electron chi connectivity index (χ0n) is 11.0. The summed E-state index contributed by atoms with van der Waals surface area (Å²) in [6.07, 6.45) is 0. The van der Waals surface area contributed by atoms with Crippen molar-refractivity contribution < 1.29 is 5.11 Å². The number of aliphatic hydroxyl groups is 1. The molecule has 1 rings (SSSR count). The number of nitrogens with one attached hydrogen (secondary N) is 2. The Morgan fingerprint density at radius 1 is 1.29 bits per heavy atom. The molecule has 0 unspecified atom stereocenters. The van der Waals surface area contributed by atoms with Gasteiger partial charge in [0.25, 0.3) is 0 Å². The molecule has 0 aliphatic heterocycles. The van der Waals surface area contributed by atoms with E-state index in [-0.39, 0.29) is 0 Å². The molecule has 17 heavy (non-hydrogen) atoms. The normalized spacial score (nSPS) is 10.2. The summed E-state index contributed by atoms with van der Waals surface area (Å²) >= 11 is 0. The fourth-order valence-electron chi connectivity index (χ4n) is 1.19. The van der Waals surface area contributed by atoms with Crippen LogP contribution < -0.4 is 22.1 Å². The van der Waals surface area contributed by atoms with Gasteiger partial charge in [0.15, 0.2) is 0 Å². The summed E-state index contributed by atoms with van der Waals surface area (Å²) in [6, 6.07) is 5.68. The lowest BCUT2D eigenvalue weighted by Gasteiger charge is -2.19. The molecule has 0 aromatic heterocycles. The van der Waals surface area contributed by atoms with Crippen molar-refractivity contribution >= 4 is 17.1 Å². The molecule has 0 aliphatic rings. The van der Waals surface area contributed by atoms with Crippen molar-refractivity contribution in [2.75, 3.05) is 37.0 Å². The molecular weight excluding hydrogens is 216 g/mol. The highest BCUT2D eigenvalue weighted by Crippen LogP contribution is 2.22. The largest absolute Gasteiger partial charge is 0.397 e. The van der Waals surface area contributed by atoms with E-state index in [0.29, 0.717) is 12.2 Å². The van der Waals surface area contributed by atoms with E-state index in [1.807, 2.05) is 25.2 Å². The van der Waals surface area contributed by atoms with E-state index >= 15 is 0 Å². The van der Waals surface area contributed by atoms with Crippen molar-refractivity contribution in [3.63, 3.8) is 0 Å². The van der Waals surface area contributed by atoms with Crippen LogP contribution in [0.2, 0.25) is 0 Å². The smallest absolute Gasteiger partial charge is 0.0763 e. The first-order valence-electron chi connectivity index (χ1n) is 5.53. The Balaban J connectivity index is 0.00000121. The highest BCUT2D eigenvalue weighted by Gasteiger charge is 2.12. The topological polar surface area (TPSA) is 96.3 Å². The first-order valence-corrected chi connectivity index (χ1v) is 5.53. The highest BCUT2D eigenvalue weighted by atomic mass is 16.3. The summed E-state index contributed by atoms with van der Waals surface area (Å²) in [5.74, 6) is 0. The van der Waals surface area contributed by atoms with E-state index in [2.05, 4.69) is 16.4 Å². The van der Waals surface area contributed by atoms with Crippen LogP contribution in [0.5, 0.6) is 0 Å². The predicted octanol–water partition coefficient (Wildman–Crippen LogP) is 1.07. The molecule has 0 bridgehead atoms. The zero-order valence-corrected chi connectivity index (χ0v) is 11.0. The second-order valence-corrected chi connectivity index (χ2v) is 4.22. The SMILES string of the molecule is CN.CNc1ccc(NCC(C)(C)O)c(N)c1. The quantitative estimate of drug-likeness (QED) is 0.507. The van der Waals surface area contributed by atoms with Crippen LogP contribution >= 0.6 is 0 Å². The van der Waals surface area contributed by atoms with Crippen molar-refractivity contribution in [3.05, 3.63) is 18.2 Å². The standard InChI is InChI=1S/C11H19N3O.CH5N/c1-11(2,15)7-14-10-5-4-8(13-3)6-9(10)12;1-2/h4-6,13-15H,7,12H2,1-3H3;2H2,1H3. The van der Waals surface area contributed by atoms with Crippen LogP contribution in [0, 0.1) is 0 Å². The molecule has 0 fully saturated rings. The molecule has 0 saturated heterocycles. The highest BCUT2D eigenvalue weighted by molar-refractivity contribution is 5.71. The minimum atomic E-state index is -0.742. The van der Waals surface area contributed by atoms with Crippen molar-refractivity contribution in [3.8, 4) is 0 Å². The number of nitrogen functional groups attached to an aromatic ring is 1. The molecule has 0 radical (unpaired) electrons. The number of anilines is 3. The Bertz CT molecular complexity index is 334. The van der Waals surface area contributed by atoms with E-state index in [1.54, 1.807) is 13.8 Å². The third-order valence-electron chi connectivity index (χ3n) is 2.05. The van der Waals surface area contributed by atoms with E-state index in [4.69, 9.17) is 5.73 Å². The minimum Gasteiger partial charge on any atom is -0.397 e. The Hall–Kier alpha value is -1.46. The fourth-order valence-corrected chi connectivity index (χ4v) is 1.19. The van der Waals surface area contributed by atoms with Crippen molar-refractivity contribution in [2.24, 2.45) is 5.73 Å². The van der Waals surface area contributed by atoms with Gasteiger partial charge in [0, 0.05) is 19.3 Å². The molecular formula is C12H24N4O. The summed E-state index contributed by atoms with van der Waals surface area (Å²) < 4.78 is 0. The monoisotopic (exact) mass is 240 g/mol. The van der Waals surface area contributed by atoms with Crippen LogP contribution in [0.25, 0.3) is 0 Å². The van der Waals surface area contributed by atoms with E-state index in [9.17, 15) is 5.11 Å². The van der Waals surface area contributed by atoms with E-state index in [0.717, 1.165) is 11.4 Å². The van der Waals surface area contributed by atoms with Gasteiger partial charge in [-0.15, -0.1) is 0 Å². The second kappa shape index (κ2) is 6.98. The Morgan fingerprint density at radius 3 is 2.29 bits per heavy atom. The van der Waals surface area contributed by atoms with Gasteiger partial charge in [-0.3, -0.25) is 0 Å². The van der Waals surface area contributed by atoms with Crippen molar-refractivity contribution in [2.45, 2.75) is 19.4 Å². The number of nitrogens with two attached hydrogens (primary N) is 2. The van der Waals surface area contributed by atoms with E-state index < -0.39 is 5.60 Å². The van der Waals surface area contributed by atoms with Gasteiger partial charge in [-0.2, -0.15) is 0 Å². The summed E-state index contributed by atoms with van der Waals surface area (Å²) in [4.78, 5) is 0. The molecule has 0 atom stereocenters. The molecule has 0 amide bonds. The Labute approximate surface area is 103 Å². The molecule has 1 aromatic rings. The lowest BCUT2D eigenvalue weighted by atomic mass is 10.1. The van der Waals surface area contributed by atoms with Gasteiger partial charge in [-0.25, -0.2) is 0 Å². The Morgan fingerprint density at radius 2 is 1.88 bits per heavy atom. The average Bonchev–Trinajstić information content (AvgIpc) is 2.29. The van der Waals surface area contributed by atoms with Gasteiger partial charge in [-0.1, -0.05) is 0 Å². The number of rotatable bonds is 4. The van der Waals surface area contributed by atoms with Crippen molar-refractivity contribution in [1.29, 1.82) is 0 Å². The van der Waals surface area contributed by atoms with Gasteiger partial charge in [-0.05, 0) is 39.1 Å². The summed E-state index contributed by atoms with van der Waals surface area (Å²) in [7, 11) is 3.35. The van der Waals surface area contributed by atoms with Crippen LogP contribution in [-0.4, -0.2) is 31.3 Å². The minimum absolute atomic E-state index is 0.468. The van der Waals surface area contributed by atoms with Crippen molar-refractivity contribution in [1.82, 2.24) is 0 Å². The summed E-state index contributed by atoms with van der Waals surface area (Å²) in [5, 5.41) is 15.7. The van der Waals surface area contributed by atoms with E-state index in [1.165, 1.54) is 7.05 Å². The number of benzene rings is 1. The molecule has 7 N–H and O–H groups in total.